The zero-order valence-electron chi connectivity index (χ0n) is 22.3. The van der Waals surface area contributed by atoms with Crippen molar-refractivity contribution in [2.75, 3.05) is 28.1 Å². The molecule has 0 N–H and O–H groups in total. The number of oxazole rings is 1. The lowest BCUT2D eigenvalue weighted by Gasteiger charge is -2.22. The fourth-order valence-electron chi connectivity index (χ4n) is 4.51. The summed E-state index contributed by atoms with van der Waals surface area (Å²) in [5.41, 5.74) is 3.29. The molecule has 0 atom stereocenters. The summed E-state index contributed by atoms with van der Waals surface area (Å²) in [7, 11) is 5.03. The molecule has 0 fully saturated rings. The van der Waals surface area contributed by atoms with Gasteiger partial charge in [0.15, 0.2) is 17.2 Å². The van der Waals surface area contributed by atoms with E-state index in [-0.39, 0.29) is 18.4 Å². The molecule has 3 aromatic carbocycles. The predicted octanol–water partition coefficient (Wildman–Crippen LogP) is 4.90. The van der Waals surface area contributed by atoms with Crippen LogP contribution in [0.25, 0.3) is 0 Å². The summed E-state index contributed by atoms with van der Waals surface area (Å²) in [6.45, 7) is 2.15. The Morgan fingerprint density at radius 1 is 0.872 bits per heavy atom. The maximum atomic E-state index is 13.0. The van der Waals surface area contributed by atoms with Crippen LogP contribution >= 0.6 is 0 Å². The average Bonchev–Trinajstić information content (AvgIpc) is 3.62. The summed E-state index contributed by atoms with van der Waals surface area (Å²) in [4.78, 5) is 21.3. The van der Waals surface area contributed by atoms with Crippen LogP contribution in [0.15, 0.2) is 77.4 Å². The minimum Gasteiger partial charge on any atom is -0.497 e. The van der Waals surface area contributed by atoms with E-state index < -0.39 is 0 Å². The Balaban J connectivity index is 1.35. The third-order valence-corrected chi connectivity index (χ3v) is 6.46. The maximum absolute atomic E-state index is 13.0. The lowest BCUT2D eigenvalue weighted by Crippen LogP contribution is -2.26. The first-order valence-corrected chi connectivity index (χ1v) is 12.6. The van der Waals surface area contributed by atoms with E-state index in [1.165, 1.54) is 6.26 Å². The Morgan fingerprint density at radius 3 is 2.49 bits per heavy atom. The molecular weight excluding hydrogens is 498 g/mol. The molecule has 1 aromatic heterocycles. The highest BCUT2D eigenvalue weighted by Crippen LogP contribution is 2.33. The van der Waals surface area contributed by atoms with Gasteiger partial charge < -0.3 is 28.3 Å². The first-order valence-electron chi connectivity index (χ1n) is 12.6. The van der Waals surface area contributed by atoms with E-state index in [0.717, 1.165) is 39.7 Å². The van der Waals surface area contributed by atoms with Crippen LogP contribution in [0.3, 0.4) is 0 Å². The summed E-state index contributed by atoms with van der Waals surface area (Å²) in [5, 5.41) is 0. The number of nitrogens with zero attached hydrogens (tertiary/aromatic N) is 3. The molecule has 5 rings (SSSR count). The molecule has 0 aliphatic carbocycles. The van der Waals surface area contributed by atoms with Crippen molar-refractivity contribution in [3.05, 3.63) is 101 Å². The molecule has 0 spiro atoms. The summed E-state index contributed by atoms with van der Waals surface area (Å²) in [6.07, 6.45) is 1.42. The van der Waals surface area contributed by atoms with Crippen LogP contribution in [-0.4, -0.2) is 48.8 Å². The summed E-state index contributed by atoms with van der Waals surface area (Å²) in [5.74, 6) is 3.17. The molecule has 39 heavy (non-hydrogen) atoms. The Bertz CT molecular complexity index is 1420. The van der Waals surface area contributed by atoms with E-state index >= 15 is 0 Å². The normalized spacial score (nSPS) is 12.0. The molecule has 0 unspecified atom stereocenters. The van der Waals surface area contributed by atoms with Crippen LogP contribution in [-0.2, 0) is 26.2 Å². The van der Waals surface area contributed by atoms with Crippen molar-refractivity contribution in [1.29, 1.82) is 0 Å². The van der Waals surface area contributed by atoms with E-state index in [1.807, 2.05) is 66.7 Å². The first-order chi connectivity index (χ1) is 19.0. The SMILES string of the molecule is COc1ccc(OC)c(CN(Cc2ccc3c(c2)OCO3)Cc2nc(C(=O)N(C)Cc3ccccc3)co2)c1. The lowest BCUT2D eigenvalue weighted by atomic mass is 10.1. The average molecular weight is 530 g/mol. The molecule has 9 nitrogen and oxygen atoms in total. The zero-order chi connectivity index (χ0) is 27.2. The summed E-state index contributed by atoms with van der Waals surface area (Å²) >= 11 is 0. The number of fused-ring (bicyclic) bond motifs is 1. The molecule has 0 bridgehead atoms. The van der Waals surface area contributed by atoms with E-state index in [0.29, 0.717) is 32.1 Å². The van der Waals surface area contributed by atoms with Crippen LogP contribution in [0.4, 0.5) is 0 Å². The second kappa shape index (κ2) is 11.9. The number of amides is 1. The van der Waals surface area contributed by atoms with Crippen LogP contribution in [0, 0.1) is 0 Å². The van der Waals surface area contributed by atoms with Gasteiger partial charge in [0.25, 0.3) is 5.91 Å². The Morgan fingerprint density at radius 2 is 1.69 bits per heavy atom. The third-order valence-electron chi connectivity index (χ3n) is 6.46. The van der Waals surface area contributed by atoms with Gasteiger partial charge in [0.1, 0.15) is 17.8 Å². The molecule has 0 radical (unpaired) electrons. The minimum atomic E-state index is -0.203. The maximum Gasteiger partial charge on any atom is 0.275 e. The van der Waals surface area contributed by atoms with Crippen molar-refractivity contribution in [3.63, 3.8) is 0 Å². The van der Waals surface area contributed by atoms with Crippen molar-refractivity contribution >= 4 is 5.91 Å². The van der Waals surface area contributed by atoms with Crippen molar-refractivity contribution in [1.82, 2.24) is 14.8 Å². The number of hydrogen-bond donors (Lipinski definition) is 0. The molecule has 4 aromatic rings. The number of hydrogen-bond acceptors (Lipinski definition) is 8. The van der Waals surface area contributed by atoms with Crippen molar-refractivity contribution in [3.8, 4) is 23.0 Å². The highest BCUT2D eigenvalue weighted by molar-refractivity contribution is 5.91. The van der Waals surface area contributed by atoms with Crippen LogP contribution < -0.4 is 18.9 Å². The van der Waals surface area contributed by atoms with Gasteiger partial charge in [-0.05, 0) is 41.5 Å². The van der Waals surface area contributed by atoms with E-state index in [2.05, 4.69) is 9.88 Å². The van der Waals surface area contributed by atoms with E-state index in [1.54, 1.807) is 26.2 Å². The third kappa shape index (κ3) is 6.32. The Labute approximate surface area is 227 Å². The van der Waals surface area contributed by atoms with E-state index in [9.17, 15) is 4.79 Å². The first kappa shape index (κ1) is 26.1. The topological polar surface area (TPSA) is 86.5 Å². The predicted molar refractivity (Wildman–Crippen MR) is 144 cm³/mol. The molecule has 0 saturated carbocycles. The highest BCUT2D eigenvalue weighted by Gasteiger charge is 2.21. The van der Waals surface area contributed by atoms with E-state index in [4.69, 9.17) is 23.4 Å². The molecule has 1 amide bonds. The van der Waals surface area contributed by atoms with Gasteiger partial charge in [-0.15, -0.1) is 0 Å². The monoisotopic (exact) mass is 529 g/mol. The van der Waals surface area contributed by atoms with Crippen LogP contribution in [0.5, 0.6) is 23.0 Å². The Hall–Kier alpha value is -4.50. The Kier molecular flexibility index (Phi) is 7.98. The molecule has 9 heteroatoms. The van der Waals surface area contributed by atoms with Crippen molar-refractivity contribution in [2.45, 2.75) is 26.2 Å². The molecule has 0 saturated heterocycles. The van der Waals surface area contributed by atoms with Gasteiger partial charge in [0, 0.05) is 32.2 Å². The largest absolute Gasteiger partial charge is 0.497 e. The minimum absolute atomic E-state index is 0.203. The van der Waals surface area contributed by atoms with Gasteiger partial charge in [-0.25, -0.2) is 4.98 Å². The van der Waals surface area contributed by atoms with Gasteiger partial charge in [-0.1, -0.05) is 36.4 Å². The number of carbonyl (C=O) groups is 1. The second-order valence-electron chi connectivity index (χ2n) is 9.28. The van der Waals surface area contributed by atoms with Gasteiger partial charge in [0.05, 0.1) is 20.8 Å². The van der Waals surface area contributed by atoms with Crippen molar-refractivity contribution in [2.24, 2.45) is 0 Å². The number of ether oxygens (including phenoxy) is 4. The second-order valence-corrected chi connectivity index (χ2v) is 9.28. The summed E-state index contributed by atoms with van der Waals surface area (Å²) < 4.78 is 27.8. The molecular formula is C30H31N3O6. The molecule has 1 aliphatic rings. The van der Waals surface area contributed by atoms with Crippen LogP contribution in [0.2, 0.25) is 0 Å². The van der Waals surface area contributed by atoms with Crippen molar-refractivity contribution < 1.29 is 28.2 Å². The number of benzene rings is 3. The van der Waals surface area contributed by atoms with Gasteiger partial charge in [-0.3, -0.25) is 9.69 Å². The highest BCUT2D eigenvalue weighted by atomic mass is 16.7. The fraction of sp³-hybridized carbons (Fsp3) is 0.267. The smallest absolute Gasteiger partial charge is 0.275 e. The van der Waals surface area contributed by atoms with Gasteiger partial charge >= 0.3 is 0 Å². The van der Waals surface area contributed by atoms with Crippen LogP contribution in [0.1, 0.15) is 33.1 Å². The fourth-order valence-corrected chi connectivity index (χ4v) is 4.51. The summed E-state index contributed by atoms with van der Waals surface area (Å²) in [6, 6.07) is 21.4. The van der Waals surface area contributed by atoms with Gasteiger partial charge in [0.2, 0.25) is 12.7 Å². The number of aromatic nitrogens is 1. The number of methoxy groups -OCH3 is 2. The number of rotatable bonds is 11. The standard InChI is InChI=1S/C30H31N3O6/c1-32(15-21-7-5-4-6-8-21)30(34)25-19-37-29(31-25)18-33(16-22-9-11-27-28(13-22)39-20-38-27)17-23-14-24(35-2)10-12-26(23)36-3/h4-14,19H,15-18,20H2,1-3H3. The molecule has 2 heterocycles. The quantitative estimate of drug-likeness (QED) is 0.271. The zero-order valence-corrected chi connectivity index (χ0v) is 22.3. The molecule has 202 valence electrons. The number of carbonyl (C=O) groups excluding carboxylic acids is 1. The lowest BCUT2D eigenvalue weighted by molar-refractivity contribution is 0.0779. The van der Waals surface area contributed by atoms with Gasteiger partial charge in [-0.2, -0.15) is 0 Å². The molecule has 1 aliphatic heterocycles.